The molecule has 0 N–H and O–H groups in total. The van der Waals surface area contributed by atoms with E-state index in [4.69, 9.17) is 4.74 Å². The molecular weight excluding hydrogens is 202 g/mol. The second kappa shape index (κ2) is 5.12. The van der Waals surface area contributed by atoms with E-state index in [0.717, 1.165) is 6.54 Å². The molecule has 1 atom stereocenters. The maximum atomic E-state index is 11.7. The van der Waals surface area contributed by atoms with Crippen molar-refractivity contribution in [2.24, 2.45) is 0 Å². The van der Waals surface area contributed by atoms with Gasteiger partial charge in [0.1, 0.15) is 0 Å². The summed E-state index contributed by atoms with van der Waals surface area (Å²) in [5.41, 5.74) is 1.26. The van der Waals surface area contributed by atoms with Crippen LogP contribution in [0.3, 0.4) is 0 Å². The van der Waals surface area contributed by atoms with Crippen molar-refractivity contribution < 1.29 is 9.53 Å². The molecule has 0 aromatic heterocycles. The highest BCUT2D eigenvalue weighted by atomic mass is 16.5. The fourth-order valence-corrected chi connectivity index (χ4v) is 2.14. The Morgan fingerprint density at radius 3 is 2.81 bits per heavy atom. The summed E-state index contributed by atoms with van der Waals surface area (Å²) < 4.78 is 5.00. The fraction of sp³-hybridized carbons (Fsp3) is 0.462. The number of carbonyl (C=O) groups is 1. The van der Waals surface area contributed by atoms with Gasteiger partial charge in [0, 0.05) is 32.5 Å². The van der Waals surface area contributed by atoms with E-state index in [1.807, 2.05) is 23.1 Å². The number of benzene rings is 1. The van der Waals surface area contributed by atoms with E-state index in [2.05, 4.69) is 12.1 Å². The van der Waals surface area contributed by atoms with Crippen LogP contribution in [0.4, 0.5) is 0 Å². The third kappa shape index (κ3) is 2.42. The summed E-state index contributed by atoms with van der Waals surface area (Å²) >= 11 is 0. The smallest absolute Gasteiger partial charge is 0.223 e. The highest BCUT2D eigenvalue weighted by Gasteiger charge is 2.29. The van der Waals surface area contributed by atoms with Crippen molar-refractivity contribution in [3.8, 4) is 0 Å². The van der Waals surface area contributed by atoms with Crippen molar-refractivity contribution in [2.75, 3.05) is 26.8 Å². The van der Waals surface area contributed by atoms with Crippen LogP contribution in [0, 0.1) is 0 Å². The minimum absolute atomic E-state index is 0.242. The number of nitrogens with zero attached hydrogens (tertiary/aromatic N) is 1. The number of hydrogen-bond donors (Lipinski definition) is 0. The van der Waals surface area contributed by atoms with Crippen LogP contribution < -0.4 is 0 Å². The van der Waals surface area contributed by atoms with Crippen molar-refractivity contribution >= 4 is 5.91 Å². The summed E-state index contributed by atoms with van der Waals surface area (Å²) in [6.07, 6.45) is 0.633. The maximum Gasteiger partial charge on any atom is 0.223 e. The topological polar surface area (TPSA) is 29.5 Å². The quantitative estimate of drug-likeness (QED) is 0.770. The Labute approximate surface area is 96.0 Å². The van der Waals surface area contributed by atoms with Crippen LogP contribution in [0.25, 0.3) is 0 Å². The number of carbonyl (C=O) groups excluding carboxylic acids is 1. The molecule has 16 heavy (non-hydrogen) atoms. The first-order valence-electron chi connectivity index (χ1n) is 5.63. The van der Waals surface area contributed by atoms with Gasteiger partial charge in [0.05, 0.1) is 6.61 Å². The molecule has 1 heterocycles. The largest absolute Gasteiger partial charge is 0.383 e. The van der Waals surface area contributed by atoms with Crippen molar-refractivity contribution in [1.29, 1.82) is 0 Å². The van der Waals surface area contributed by atoms with E-state index in [1.54, 1.807) is 7.11 Å². The summed E-state index contributed by atoms with van der Waals surface area (Å²) in [4.78, 5) is 13.6. The van der Waals surface area contributed by atoms with Crippen molar-refractivity contribution in [3.63, 3.8) is 0 Å². The van der Waals surface area contributed by atoms with Gasteiger partial charge in [-0.15, -0.1) is 0 Å². The number of likely N-dealkylation sites (tertiary alicyclic amines) is 1. The van der Waals surface area contributed by atoms with Gasteiger partial charge in [-0.2, -0.15) is 0 Å². The first-order chi connectivity index (χ1) is 7.81. The molecule has 3 heteroatoms. The van der Waals surface area contributed by atoms with Crippen LogP contribution in [0.5, 0.6) is 0 Å². The predicted molar refractivity (Wildman–Crippen MR) is 62.3 cm³/mol. The Balaban J connectivity index is 1.98. The molecule has 1 fully saturated rings. The SMILES string of the molecule is COCCN1CC(c2ccccc2)CC1=O. The van der Waals surface area contributed by atoms with Gasteiger partial charge in [0.25, 0.3) is 0 Å². The zero-order valence-electron chi connectivity index (χ0n) is 9.56. The molecule has 1 aliphatic rings. The van der Waals surface area contributed by atoms with Gasteiger partial charge in [-0.1, -0.05) is 30.3 Å². The van der Waals surface area contributed by atoms with Crippen molar-refractivity contribution in [3.05, 3.63) is 35.9 Å². The van der Waals surface area contributed by atoms with Crippen LogP contribution in [-0.2, 0) is 9.53 Å². The molecule has 1 unspecified atom stereocenters. The van der Waals surface area contributed by atoms with E-state index in [9.17, 15) is 4.79 Å². The lowest BCUT2D eigenvalue weighted by Gasteiger charge is -2.15. The molecule has 0 bridgehead atoms. The molecule has 0 saturated carbocycles. The van der Waals surface area contributed by atoms with Crippen molar-refractivity contribution in [2.45, 2.75) is 12.3 Å². The Kier molecular flexibility index (Phi) is 3.57. The van der Waals surface area contributed by atoms with Crippen LogP contribution in [0.1, 0.15) is 17.9 Å². The summed E-state index contributed by atoms with van der Waals surface area (Å²) in [6, 6.07) is 10.2. The summed E-state index contributed by atoms with van der Waals surface area (Å²) in [7, 11) is 1.66. The normalized spacial score (nSPS) is 20.4. The van der Waals surface area contributed by atoms with E-state index < -0.39 is 0 Å². The lowest BCUT2D eigenvalue weighted by atomic mass is 9.99. The van der Waals surface area contributed by atoms with Gasteiger partial charge in [0.2, 0.25) is 5.91 Å². The van der Waals surface area contributed by atoms with Crippen LogP contribution >= 0.6 is 0 Å². The standard InChI is InChI=1S/C13H17NO2/c1-16-8-7-14-10-12(9-13(14)15)11-5-3-2-4-6-11/h2-6,12H,7-10H2,1H3. The predicted octanol–water partition coefficient (Wildman–Crippen LogP) is 1.65. The molecule has 1 aliphatic heterocycles. The lowest BCUT2D eigenvalue weighted by Crippen LogP contribution is -2.28. The van der Waals surface area contributed by atoms with E-state index in [0.29, 0.717) is 25.5 Å². The molecular formula is C13H17NO2. The molecule has 1 saturated heterocycles. The number of amides is 1. The molecule has 0 radical (unpaired) electrons. The summed E-state index contributed by atoms with van der Waals surface area (Å²) in [5.74, 6) is 0.594. The van der Waals surface area contributed by atoms with Crippen LogP contribution in [0.2, 0.25) is 0 Å². The van der Waals surface area contributed by atoms with E-state index in [-0.39, 0.29) is 5.91 Å². The Morgan fingerprint density at radius 2 is 2.12 bits per heavy atom. The second-order valence-corrected chi connectivity index (χ2v) is 4.14. The molecule has 1 amide bonds. The fourth-order valence-electron chi connectivity index (χ4n) is 2.14. The average Bonchev–Trinajstić information content (AvgIpc) is 2.69. The van der Waals surface area contributed by atoms with Gasteiger partial charge in [-0.3, -0.25) is 4.79 Å². The highest BCUT2D eigenvalue weighted by Crippen LogP contribution is 2.27. The molecule has 1 aromatic carbocycles. The first kappa shape index (κ1) is 11.1. The van der Waals surface area contributed by atoms with Gasteiger partial charge in [-0.25, -0.2) is 0 Å². The van der Waals surface area contributed by atoms with Crippen LogP contribution in [0.15, 0.2) is 30.3 Å². The molecule has 0 aliphatic carbocycles. The summed E-state index contributed by atoms with van der Waals surface area (Å²) in [6.45, 7) is 2.15. The minimum atomic E-state index is 0.242. The minimum Gasteiger partial charge on any atom is -0.383 e. The van der Waals surface area contributed by atoms with Gasteiger partial charge >= 0.3 is 0 Å². The zero-order valence-corrected chi connectivity index (χ0v) is 9.56. The third-order valence-electron chi connectivity index (χ3n) is 3.05. The van der Waals surface area contributed by atoms with Gasteiger partial charge in [-0.05, 0) is 5.56 Å². The maximum absolute atomic E-state index is 11.7. The number of ether oxygens (including phenoxy) is 1. The van der Waals surface area contributed by atoms with Crippen molar-refractivity contribution in [1.82, 2.24) is 4.90 Å². The average molecular weight is 219 g/mol. The van der Waals surface area contributed by atoms with E-state index >= 15 is 0 Å². The number of methoxy groups -OCH3 is 1. The Morgan fingerprint density at radius 1 is 1.38 bits per heavy atom. The summed E-state index contributed by atoms with van der Waals surface area (Å²) in [5, 5.41) is 0. The van der Waals surface area contributed by atoms with E-state index in [1.165, 1.54) is 5.56 Å². The molecule has 3 nitrogen and oxygen atoms in total. The third-order valence-corrected chi connectivity index (χ3v) is 3.05. The molecule has 1 aromatic rings. The first-order valence-corrected chi connectivity index (χ1v) is 5.63. The molecule has 2 rings (SSSR count). The van der Waals surface area contributed by atoms with Crippen LogP contribution in [-0.4, -0.2) is 37.6 Å². The Bertz CT molecular complexity index is 350. The van der Waals surface area contributed by atoms with Gasteiger partial charge < -0.3 is 9.64 Å². The zero-order chi connectivity index (χ0) is 11.4. The molecule has 86 valence electrons. The highest BCUT2D eigenvalue weighted by molar-refractivity contribution is 5.79. The number of rotatable bonds is 4. The number of hydrogen-bond acceptors (Lipinski definition) is 2. The Hall–Kier alpha value is -1.35. The molecule has 0 spiro atoms. The second-order valence-electron chi connectivity index (χ2n) is 4.14. The lowest BCUT2D eigenvalue weighted by molar-refractivity contribution is -0.128. The monoisotopic (exact) mass is 219 g/mol. The van der Waals surface area contributed by atoms with Gasteiger partial charge in [0.15, 0.2) is 0 Å².